The van der Waals surface area contributed by atoms with Crippen LogP contribution in [0.3, 0.4) is 0 Å². The van der Waals surface area contributed by atoms with Crippen LogP contribution >= 0.6 is 0 Å². The molecule has 4 unspecified atom stereocenters. The maximum Gasteiger partial charge on any atom is 0.237 e. The van der Waals surface area contributed by atoms with Crippen LogP contribution in [0.4, 0.5) is 0 Å². The molecule has 1 rings (SSSR count). The van der Waals surface area contributed by atoms with Crippen LogP contribution in [0.2, 0.25) is 0 Å². The molecule has 1 aliphatic rings. The smallest absolute Gasteiger partial charge is 0.237 e. The van der Waals surface area contributed by atoms with Crippen molar-refractivity contribution >= 4 is 17.6 Å². The Balaban J connectivity index is 2.67. The van der Waals surface area contributed by atoms with Gasteiger partial charge in [0.25, 0.3) is 0 Å². The lowest BCUT2D eigenvalue weighted by Gasteiger charge is -2.40. The van der Waals surface area contributed by atoms with Crippen molar-refractivity contribution in [2.45, 2.75) is 115 Å². The molecule has 7 atom stereocenters. The first kappa shape index (κ1) is 30.4. The van der Waals surface area contributed by atoms with E-state index in [-0.39, 0.29) is 5.78 Å². The zero-order valence-corrected chi connectivity index (χ0v) is 20.5. The number of nitrogens with one attached hydrogen (secondary N) is 2. The number of amides is 2. The third-order valence-corrected chi connectivity index (χ3v) is 6.02. The lowest BCUT2D eigenvalue weighted by atomic mass is 9.96. The average molecular weight is 490 g/mol. The van der Waals surface area contributed by atoms with E-state index in [1.807, 2.05) is 0 Å². The van der Waals surface area contributed by atoms with Gasteiger partial charge >= 0.3 is 0 Å². The van der Waals surface area contributed by atoms with Gasteiger partial charge in [0.15, 0.2) is 12.0 Å². The fourth-order valence-corrected chi connectivity index (χ4v) is 3.80. The van der Waals surface area contributed by atoms with Crippen LogP contribution in [0.5, 0.6) is 0 Å². The van der Waals surface area contributed by atoms with Crippen molar-refractivity contribution in [3.8, 4) is 0 Å². The standard InChI is InChI=1S/C23H43N3O8/c1-4-5-6-7-8-9-10-14(24)22(33)25-15(18(29)13(2)3)11-17(28)26-23-21(32)20(31)19(30)16(12-27)34-23/h13-16,19-21,23,27,30-32H,4-12,24H2,1-3H3,(H,25,33)(H,26,28)/t14?,15?,16?,19-,20+,21?,23-/m1/s1. The monoisotopic (exact) mass is 489 g/mol. The third kappa shape index (κ3) is 9.55. The summed E-state index contributed by atoms with van der Waals surface area (Å²) in [5.41, 5.74) is 5.99. The quantitative estimate of drug-likeness (QED) is 0.143. The minimum atomic E-state index is -1.65. The average Bonchev–Trinajstić information content (AvgIpc) is 2.80. The summed E-state index contributed by atoms with van der Waals surface area (Å²) in [5.74, 6) is -2.06. The summed E-state index contributed by atoms with van der Waals surface area (Å²) in [4.78, 5) is 37.8. The van der Waals surface area contributed by atoms with E-state index >= 15 is 0 Å². The van der Waals surface area contributed by atoms with Crippen molar-refractivity contribution in [3.63, 3.8) is 0 Å². The van der Waals surface area contributed by atoms with Gasteiger partial charge in [-0.2, -0.15) is 0 Å². The number of Topliss-reactive ketones (excluding diaryl/α,β-unsaturated/α-hetero) is 1. The predicted molar refractivity (Wildman–Crippen MR) is 124 cm³/mol. The molecule has 2 amide bonds. The number of hydrogen-bond donors (Lipinski definition) is 7. The summed E-state index contributed by atoms with van der Waals surface area (Å²) in [6, 6.07) is -1.94. The molecule has 0 aromatic heterocycles. The highest BCUT2D eigenvalue weighted by atomic mass is 16.6. The van der Waals surface area contributed by atoms with Gasteiger partial charge in [-0.15, -0.1) is 0 Å². The molecule has 11 heteroatoms. The molecule has 0 saturated carbocycles. The minimum absolute atomic E-state index is 0.357. The van der Waals surface area contributed by atoms with Crippen LogP contribution in [0.25, 0.3) is 0 Å². The number of carbonyl (C=O) groups excluding carboxylic acids is 3. The Kier molecular flexibility index (Phi) is 13.8. The van der Waals surface area contributed by atoms with E-state index in [2.05, 4.69) is 17.6 Å². The van der Waals surface area contributed by atoms with E-state index in [1.165, 1.54) is 6.42 Å². The molecule has 198 valence electrons. The summed E-state index contributed by atoms with van der Waals surface area (Å²) in [6.07, 6.45) is -1.11. The lowest BCUT2D eigenvalue weighted by Crippen LogP contribution is -2.63. The molecule has 0 radical (unpaired) electrons. The number of hydrogen-bond acceptors (Lipinski definition) is 9. The van der Waals surface area contributed by atoms with E-state index < -0.39 is 73.5 Å². The minimum Gasteiger partial charge on any atom is -0.394 e. The van der Waals surface area contributed by atoms with Gasteiger partial charge in [0.2, 0.25) is 11.8 Å². The van der Waals surface area contributed by atoms with Gasteiger partial charge < -0.3 is 41.5 Å². The Bertz CT molecular complexity index is 646. The highest BCUT2D eigenvalue weighted by Crippen LogP contribution is 2.20. The third-order valence-electron chi connectivity index (χ3n) is 6.02. The second-order valence-electron chi connectivity index (χ2n) is 9.30. The molecule has 1 saturated heterocycles. The number of carbonyl (C=O) groups is 3. The molecule has 8 N–H and O–H groups in total. The first-order valence-corrected chi connectivity index (χ1v) is 12.2. The fraction of sp³-hybridized carbons (Fsp3) is 0.870. The van der Waals surface area contributed by atoms with Crippen molar-refractivity contribution in [2.24, 2.45) is 11.7 Å². The Labute approximate surface area is 201 Å². The van der Waals surface area contributed by atoms with Crippen LogP contribution in [-0.2, 0) is 19.1 Å². The molecule has 11 nitrogen and oxygen atoms in total. The number of aliphatic hydroxyl groups excluding tert-OH is 4. The molecule has 34 heavy (non-hydrogen) atoms. The van der Waals surface area contributed by atoms with E-state index in [0.29, 0.717) is 6.42 Å². The molecular weight excluding hydrogens is 446 g/mol. The van der Waals surface area contributed by atoms with Crippen LogP contribution in [-0.4, -0.2) is 87.4 Å². The zero-order chi connectivity index (χ0) is 25.8. The molecule has 0 aromatic carbocycles. The fourth-order valence-electron chi connectivity index (χ4n) is 3.80. The summed E-state index contributed by atoms with van der Waals surface area (Å²) >= 11 is 0. The summed E-state index contributed by atoms with van der Waals surface area (Å²) in [6.45, 7) is 4.79. The van der Waals surface area contributed by atoms with Crippen molar-refractivity contribution < 1.29 is 39.5 Å². The Morgan fingerprint density at radius 3 is 2.18 bits per heavy atom. The molecule has 0 bridgehead atoms. The second-order valence-corrected chi connectivity index (χ2v) is 9.30. The maximum absolute atomic E-state index is 12.6. The second kappa shape index (κ2) is 15.4. The summed E-state index contributed by atoms with van der Waals surface area (Å²) in [5, 5.41) is 44.0. The number of ketones is 1. The van der Waals surface area contributed by atoms with Gasteiger partial charge in [0, 0.05) is 5.92 Å². The lowest BCUT2D eigenvalue weighted by molar-refractivity contribution is -0.236. The molecule has 0 aromatic rings. The van der Waals surface area contributed by atoms with Crippen molar-refractivity contribution in [2.75, 3.05) is 6.61 Å². The van der Waals surface area contributed by atoms with Gasteiger partial charge in [-0.3, -0.25) is 14.4 Å². The normalized spacial score (nSPS) is 26.7. The van der Waals surface area contributed by atoms with Crippen molar-refractivity contribution in [1.82, 2.24) is 10.6 Å². The van der Waals surface area contributed by atoms with Crippen molar-refractivity contribution in [3.05, 3.63) is 0 Å². The first-order chi connectivity index (χ1) is 16.0. The first-order valence-electron chi connectivity index (χ1n) is 12.2. The number of ether oxygens (including phenoxy) is 1. The van der Waals surface area contributed by atoms with Crippen LogP contribution < -0.4 is 16.4 Å². The van der Waals surface area contributed by atoms with E-state index in [0.717, 1.165) is 32.1 Å². The van der Waals surface area contributed by atoms with Crippen LogP contribution in [0.1, 0.15) is 72.1 Å². The van der Waals surface area contributed by atoms with Crippen molar-refractivity contribution in [1.29, 1.82) is 0 Å². The predicted octanol–water partition coefficient (Wildman–Crippen LogP) is -0.920. The van der Waals surface area contributed by atoms with Gasteiger partial charge in [0.05, 0.1) is 25.1 Å². The van der Waals surface area contributed by atoms with Gasteiger partial charge in [-0.25, -0.2) is 0 Å². The molecule has 1 fully saturated rings. The highest BCUT2D eigenvalue weighted by molar-refractivity contribution is 5.95. The largest absolute Gasteiger partial charge is 0.394 e. The number of nitrogens with two attached hydrogens (primary N) is 1. The SMILES string of the molecule is CCCCCCCCC(N)C(=O)NC(CC(=O)N[C@@H]1OC(CO)[C@@H](O)[C@H](O)C1O)C(=O)C(C)C. The Morgan fingerprint density at radius 1 is 0.971 bits per heavy atom. The molecule has 1 heterocycles. The van der Waals surface area contributed by atoms with Gasteiger partial charge in [-0.05, 0) is 6.42 Å². The summed E-state index contributed by atoms with van der Waals surface area (Å²) < 4.78 is 5.26. The number of aliphatic hydroxyl groups is 4. The Hall–Kier alpha value is -1.63. The van der Waals surface area contributed by atoms with E-state index in [1.54, 1.807) is 13.8 Å². The molecule has 1 aliphatic heterocycles. The number of rotatable bonds is 15. The molecule has 0 aliphatic carbocycles. The Morgan fingerprint density at radius 2 is 1.59 bits per heavy atom. The van der Waals surface area contributed by atoms with Gasteiger partial charge in [0.1, 0.15) is 24.4 Å². The van der Waals surface area contributed by atoms with E-state index in [9.17, 15) is 34.8 Å². The summed E-state index contributed by atoms with van der Waals surface area (Å²) in [7, 11) is 0. The van der Waals surface area contributed by atoms with E-state index in [4.69, 9.17) is 10.5 Å². The van der Waals surface area contributed by atoms with Crippen LogP contribution in [0, 0.1) is 5.92 Å². The highest BCUT2D eigenvalue weighted by Gasteiger charge is 2.44. The number of unbranched alkanes of at least 4 members (excludes halogenated alkanes) is 5. The van der Waals surface area contributed by atoms with Crippen LogP contribution in [0.15, 0.2) is 0 Å². The zero-order valence-electron chi connectivity index (χ0n) is 20.5. The molecule has 0 spiro atoms. The van der Waals surface area contributed by atoms with Gasteiger partial charge in [-0.1, -0.05) is 59.3 Å². The maximum atomic E-state index is 12.6. The topological polar surface area (TPSA) is 191 Å². The molecular formula is C23H43N3O8.